The number of benzene rings is 2. The molecule has 1 aromatic heterocycles. The van der Waals surface area contributed by atoms with E-state index in [-0.39, 0.29) is 18.5 Å². The predicted molar refractivity (Wildman–Crippen MR) is 86.0 cm³/mol. The lowest BCUT2D eigenvalue weighted by Gasteiger charge is -2.11. The Morgan fingerprint density at radius 1 is 1.25 bits per heavy atom. The lowest BCUT2D eigenvalue weighted by Crippen LogP contribution is -2.07. The van der Waals surface area contributed by atoms with Crippen molar-refractivity contribution in [2.24, 2.45) is 5.92 Å². The van der Waals surface area contributed by atoms with Crippen molar-refractivity contribution >= 4 is 11.0 Å². The summed E-state index contributed by atoms with van der Waals surface area (Å²) in [5.41, 5.74) is 2.41. The highest BCUT2D eigenvalue weighted by molar-refractivity contribution is 5.84. The molecule has 5 nitrogen and oxygen atoms in total. The highest BCUT2D eigenvalue weighted by Gasteiger charge is 2.20. The summed E-state index contributed by atoms with van der Waals surface area (Å²) >= 11 is 0. The first kappa shape index (κ1) is 14.5. The minimum Gasteiger partial charge on any atom is -0.454 e. The number of rotatable bonds is 3. The van der Waals surface area contributed by atoms with Crippen molar-refractivity contribution in [2.75, 3.05) is 6.79 Å². The average molecular weight is 323 g/mol. The second kappa shape index (κ2) is 5.53. The number of aromatic nitrogens is 2. The molecule has 0 saturated carbocycles. The molecule has 0 amide bonds. The fourth-order valence-electron chi connectivity index (χ4n) is 2.83. The van der Waals surface area contributed by atoms with Crippen molar-refractivity contribution < 1.29 is 13.9 Å². The van der Waals surface area contributed by atoms with Gasteiger partial charge in [0.1, 0.15) is 11.6 Å². The zero-order valence-electron chi connectivity index (χ0n) is 13.0. The number of hydrogen-bond donors (Lipinski definition) is 0. The van der Waals surface area contributed by atoms with E-state index in [4.69, 9.17) is 9.47 Å². The zero-order valence-corrected chi connectivity index (χ0v) is 13.0. The van der Waals surface area contributed by atoms with Gasteiger partial charge in [0, 0.05) is 24.2 Å². The minimum absolute atomic E-state index is 0.188. The molecule has 2 heterocycles. The van der Waals surface area contributed by atoms with Gasteiger partial charge in [-0.1, -0.05) is 0 Å². The summed E-state index contributed by atoms with van der Waals surface area (Å²) in [6, 6.07) is 12.1. The summed E-state index contributed by atoms with van der Waals surface area (Å²) in [6.45, 7) is 2.54. The van der Waals surface area contributed by atoms with Gasteiger partial charge in [0.15, 0.2) is 11.5 Å². The van der Waals surface area contributed by atoms with E-state index in [1.165, 1.54) is 12.1 Å². The van der Waals surface area contributed by atoms with E-state index >= 15 is 0 Å². The second-order valence-electron chi connectivity index (χ2n) is 5.78. The van der Waals surface area contributed by atoms with Gasteiger partial charge in [0.2, 0.25) is 6.79 Å². The maximum absolute atomic E-state index is 13.2. The molecule has 0 fully saturated rings. The molecule has 0 radical (unpaired) electrons. The molecule has 3 aromatic rings. The van der Waals surface area contributed by atoms with Crippen molar-refractivity contribution in [2.45, 2.75) is 13.5 Å². The first-order chi connectivity index (χ1) is 11.7. The Labute approximate surface area is 137 Å². The Bertz CT molecular complexity index is 957. The Morgan fingerprint density at radius 2 is 1.96 bits per heavy atom. The fraction of sp³-hybridized carbons (Fsp3) is 0.222. The monoisotopic (exact) mass is 323 g/mol. The normalized spacial score (nSPS) is 13.9. The van der Waals surface area contributed by atoms with E-state index in [1.54, 1.807) is 12.1 Å². The third-order valence-electron chi connectivity index (χ3n) is 4.02. The van der Waals surface area contributed by atoms with Crippen LogP contribution in [0.15, 0.2) is 36.4 Å². The topological polar surface area (TPSA) is 60.1 Å². The SMILES string of the molecule is CC(C#N)Cn1c(-c2ccc(F)cc2)nc2cc3c(cc21)OCO3. The van der Waals surface area contributed by atoms with Crippen molar-refractivity contribution in [1.82, 2.24) is 9.55 Å². The zero-order chi connectivity index (χ0) is 16.7. The molecule has 24 heavy (non-hydrogen) atoms. The maximum Gasteiger partial charge on any atom is 0.231 e. The van der Waals surface area contributed by atoms with Crippen LogP contribution in [0.2, 0.25) is 0 Å². The highest BCUT2D eigenvalue weighted by Crippen LogP contribution is 2.37. The Morgan fingerprint density at radius 3 is 2.67 bits per heavy atom. The molecule has 0 saturated heterocycles. The van der Waals surface area contributed by atoms with Crippen molar-refractivity contribution in [3.05, 3.63) is 42.2 Å². The highest BCUT2D eigenvalue weighted by atomic mass is 19.1. The molecule has 1 unspecified atom stereocenters. The molecule has 0 N–H and O–H groups in total. The molecule has 0 bridgehead atoms. The number of imidazole rings is 1. The Hall–Kier alpha value is -3.07. The van der Waals surface area contributed by atoms with Crippen LogP contribution in [0, 0.1) is 23.1 Å². The first-order valence-electron chi connectivity index (χ1n) is 7.61. The van der Waals surface area contributed by atoms with Crippen molar-refractivity contribution in [3.8, 4) is 29.0 Å². The summed E-state index contributed by atoms with van der Waals surface area (Å²) in [4.78, 5) is 4.67. The number of ether oxygens (including phenoxy) is 2. The summed E-state index contributed by atoms with van der Waals surface area (Å²) in [5.74, 6) is 1.53. The van der Waals surface area contributed by atoms with E-state index < -0.39 is 0 Å². The summed E-state index contributed by atoms with van der Waals surface area (Å²) in [5, 5.41) is 9.18. The first-order valence-corrected chi connectivity index (χ1v) is 7.61. The number of hydrogen-bond acceptors (Lipinski definition) is 4. The fourth-order valence-corrected chi connectivity index (χ4v) is 2.83. The molecule has 120 valence electrons. The molecular formula is C18H14FN3O2. The van der Waals surface area contributed by atoms with Gasteiger partial charge in [0.05, 0.1) is 23.0 Å². The summed E-state index contributed by atoms with van der Waals surface area (Å²) in [7, 11) is 0. The van der Waals surface area contributed by atoms with Crippen LogP contribution in [-0.4, -0.2) is 16.3 Å². The second-order valence-corrected chi connectivity index (χ2v) is 5.78. The number of nitrogens with zero attached hydrogens (tertiary/aromatic N) is 3. The smallest absolute Gasteiger partial charge is 0.231 e. The lowest BCUT2D eigenvalue weighted by atomic mass is 10.1. The molecule has 2 aromatic carbocycles. The quantitative estimate of drug-likeness (QED) is 0.737. The molecule has 6 heteroatoms. The Kier molecular flexibility index (Phi) is 3.35. The molecule has 1 aliphatic rings. The van der Waals surface area contributed by atoms with E-state index in [0.29, 0.717) is 23.9 Å². The van der Waals surface area contributed by atoms with Crippen LogP contribution in [0.4, 0.5) is 4.39 Å². The van der Waals surface area contributed by atoms with Crippen LogP contribution < -0.4 is 9.47 Å². The van der Waals surface area contributed by atoms with Crippen LogP contribution in [-0.2, 0) is 6.54 Å². The van der Waals surface area contributed by atoms with Crippen LogP contribution in [0.5, 0.6) is 11.5 Å². The van der Waals surface area contributed by atoms with Gasteiger partial charge < -0.3 is 14.0 Å². The summed E-state index contributed by atoms with van der Waals surface area (Å²) in [6.07, 6.45) is 0. The van der Waals surface area contributed by atoms with Crippen LogP contribution in [0.1, 0.15) is 6.92 Å². The standard InChI is InChI=1S/C18H14FN3O2/c1-11(8-20)9-22-15-7-17-16(23-10-24-17)6-14(15)21-18(22)12-2-4-13(19)5-3-12/h2-7,11H,9-10H2,1H3. The van der Waals surface area contributed by atoms with E-state index in [1.807, 2.05) is 23.6 Å². The average Bonchev–Trinajstić information content (AvgIpc) is 3.18. The third kappa shape index (κ3) is 2.35. The van der Waals surface area contributed by atoms with Crippen LogP contribution in [0.25, 0.3) is 22.4 Å². The van der Waals surface area contributed by atoms with Gasteiger partial charge in [-0.05, 0) is 31.2 Å². The minimum atomic E-state index is -0.299. The predicted octanol–water partition coefficient (Wildman–Crippen LogP) is 3.73. The molecule has 0 spiro atoms. The van der Waals surface area contributed by atoms with Crippen molar-refractivity contribution in [3.63, 3.8) is 0 Å². The van der Waals surface area contributed by atoms with Gasteiger partial charge in [0.25, 0.3) is 0 Å². The van der Waals surface area contributed by atoms with E-state index in [2.05, 4.69) is 11.1 Å². The van der Waals surface area contributed by atoms with Gasteiger partial charge in [-0.3, -0.25) is 0 Å². The van der Waals surface area contributed by atoms with Crippen LogP contribution >= 0.6 is 0 Å². The van der Waals surface area contributed by atoms with Gasteiger partial charge >= 0.3 is 0 Å². The van der Waals surface area contributed by atoms with E-state index in [0.717, 1.165) is 16.6 Å². The van der Waals surface area contributed by atoms with Gasteiger partial charge in [-0.2, -0.15) is 5.26 Å². The van der Waals surface area contributed by atoms with E-state index in [9.17, 15) is 9.65 Å². The maximum atomic E-state index is 13.2. The number of nitriles is 1. The summed E-state index contributed by atoms with van der Waals surface area (Å²) < 4.78 is 26.1. The van der Waals surface area contributed by atoms with Gasteiger partial charge in [-0.15, -0.1) is 0 Å². The largest absolute Gasteiger partial charge is 0.454 e. The molecule has 4 rings (SSSR count). The third-order valence-corrected chi connectivity index (χ3v) is 4.02. The van der Waals surface area contributed by atoms with Crippen LogP contribution in [0.3, 0.4) is 0 Å². The van der Waals surface area contributed by atoms with Crippen molar-refractivity contribution in [1.29, 1.82) is 5.26 Å². The molecular weight excluding hydrogens is 309 g/mol. The molecule has 1 aliphatic heterocycles. The Balaban J connectivity index is 1.92. The lowest BCUT2D eigenvalue weighted by molar-refractivity contribution is 0.174. The number of halogens is 1. The molecule has 0 aliphatic carbocycles. The van der Waals surface area contributed by atoms with Gasteiger partial charge in [-0.25, -0.2) is 9.37 Å². The number of fused-ring (bicyclic) bond motifs is 2. The molecule has 1 atom stereocenters.